The number of carbonyl (C=O) groups excluding carboxylic acids is 2. The molecule has 3 atom stereocenters. The smallest absolute Gasteiger partial charge is 0.325 e. The second-order valence-corrected chi connectivity index (χ2v) is 6.62. The van der Waals surface area contributed by atoms with Crippen molar-refractivity contribution in [3.63, 3.8) is 0 Å². The molecular weight excluding hydrogens is 358 g/mol. The molecule has 2 heterocycles. The van der Waals surface area contributed by atoms with Crippen molar-refractivity contribution in [2.45, 2.75) is 25.4 Å². The van der Waals surface area contributed by atoms with Crippen LogP contribution < -0.4 is 11.1 Å². The highest BCUT2D eigenvalue weighted by molar-refractivity contribution is 6.06. The molecule has 8 nitrogen and oxygen atoms in total. The number of nitrogens with zero attached hydrogens (tertiary/aromatic N) is 3. The zero-order valence-corrected chi connectivity index (χ0v) is 15.8. The van der Waals surface area contributed by atoms with Crippen LogP contribution in [0.4, 0.5) is 10.6 Å². The third-order valence-electron chi connectivity index (χ3n) is 4.74. The number of oxime groups is 1. The van der Waals surface area contributed by atoms with Crippen LogP contribution in [-0.4, -0.2) is 41.2 Å². The predicted octanol–water partition coefficient (Wildman–Crippen LogP) is 2.14. The molecule has 3 N–H and O–H groups in total. The molecule has 2 aromatic rings. The van der Waals surface area contributed by atoms with E-state index >= 15 is 0 Å². The molecule has 0 radical (unpaired) electrons. The molecule has 0 spiro atoms. The monoisotopic (exact) mass is 381 g/mol. The van der Waals surface area contributed by atoms with E-state index in [0.717, 1.165) is 11.1 Å². The molecule has 1 fully saturated rings. The molecule has 0 aliphatic carbocycles. The van der Waals surface area contributed by atoms with E-state index in [4.69, 9.17) is 10.6 Å². The van der Waals surface area contributed by atoms with Crippen molar-refractivity contribution in [2.24, 2.45) is 11.1 Å². The standard InChI is InChI=1S/C20H23N5O3/c1-13(15-6-4-3-5-7-15)24-20(27)25-17(12-23-28-2)16(19(25)26)10-14-8-9-22-18(21)11-14/h3-9,11-13,16-17H,10H2,1-2H3,(H2,21,22)(H,24,27)/b23-12+/t13-,16-,17-/m1/s1. The lowest BCUT2D eigenvalue weighted by Crippen LogP contribution is -2.66. The number of rotatable bonds is 6. The number of amides is 3. The molecule has 1 saturated heterocycles. The van der Waals surface area contributed by atoms with Gasteiger partial charge in [0.15, 0.2) is 0 Å². The van der Waals surface area contributed by atoms with Gasteiger partial charge in [-0.3, -0.25) is 9.69 Å². The number of imide groups is 1. The van der Waals surface area contributed by atoms with E-state index in [1.54, 1.807) is 18.3 Å². The normalized spacial score (nSPS) is 19.9. The lowest BCUT2D eigenvalue weighted by molar-refractivity contribution is -0.145. The Balaban J connectivity index is 1.72. The van der Waals surface area contributed by atoms with Gasteiger partial charge < -0.3 is 15.9 Å². The molecule has 1 aromatic carbocycles. The van der Waals surface area contributed by atoms with Gasteiger partial charge in [-0.25, -0.2) is 9.78 Å². The fourth-order valence-corrected chi connectivity index (χ4v) is 3.26. The Morgan fingerprint density at radius 3 is 2.82 bits per heavy atom. The number of pyridine rings is 1. The van der Waals surface area contributed by atoms with E-state index in [-0.39, 0.29) is 11.9 Å². The summed E-state index contributed by atoms with van der Waals surface area (Å²) in [6, 6.07) is 11.9. The number of aromatic nitrogens is 1. The molecule has 0 saturated carbocycles. The molecule has 1 aliphatic heterocycles. The van der Waals surface area contributed by atoms with Gasteiger partial charge >= 0.3 is 6.03 Å². The SMILES string of the molecule is CO/N=C/[C@@H]1[C@@H](Cc2ccnc(N)c2)C(=O)N1C(=O)N[C@H](C)c1ccccc1. The number of hydrogen-bond donors (Lipinski definition) is 2. The Bertz CT molecular complexity index is 871. The van der Waals surface area contributed by atoms with Crippen LogP contribution in [0.3, 0.4) is 0 Å². The maximum Gasteiger partial charge on any atom is 0.325 e. The minimum absolute atomic E-state index is 0.236. The van der Waals surface area contributed by atoms with Gasteiger partial charge in [-0.05, 0) is 36.6 Å². The number of nitrogens with two attached hydrogens (primary N) is 1. The van der Waals surface area contributed by atoms with E-state index in [1.807, 2.05) is 37.3 Å². The van der Waals surface area contributed by atoms with Gasteiger partial charge in [-0.2, -0.15) is 0 Å². The minimum Gasteiger partial charge on any atom is -0.399 e. The predicted molar refractivity (Wildman–Crippen MR) is 105 cm³/mol. The van der Waals surface area contributed by atoms with Crippen LogP contribution in [0.25, 0.3) is 0 Å². The van der Waals surface area contributed by atoms with E-state index in [0.29, 0.717) is 12.2 Å². The van der Waals surface area contributed by atoms with Crippen LogP contribution in [0.15, 0.2) is 53.8 Å². The number of anilines is 1. The molecular formula is C20H23N5O3. The van der Waals surface area contributed by atoms with Crippen molar-refractivity contribution in [3.05, 3.63) is 59.8 Å². The molecule has 0 bridgehead atoms. The van der Waals surface area contributed by atoms with Gasteiger partial charge in [-0.1, -0.05) is 35.5 Å². The van der Waals surface area contributed by atoms with Gasteiger partial charge in [0, 0.05) is 6.20 Å². The van der Waals surface area contributed by atoms with Crippen molar-refractivity contribution in [1.29, 1.82) is 0 Å². The zero-order valence-electron chi connectivity index (χ0n) is 15.8. The molecule has 8 heteroatoms. The summed E-state index contributed by atoms with van der Waals surface area (Å²) in [5, 5.41) is 6.63. The van der Waals surface area contributed by atoms with Crippen molar-refractivity contribution < 1.29 is 14.4 Å². The molecule has 28 heavy (non-hydrogen) atoms. The maximum absolute atomic E-state index is 12.7. The number of urea groups is 1. The average molecular weight is 381 g/mol. The molecule has 3 amide bonds. The lowest BCUT2D eigenvalue weighted by Gasteiger charge is -2.43. The first-order chi connectivity index (χ1) is 13.5. The summed E-state index contributed by atoms with van der Waals surface area (Å²) in [5.41, 5.74) is 7.54. The second kappa shape index (κ2) is 8.51. The molecule has 0 unspecified atom stereocenters. The number of benzene rings is 1. The van der Waals surface area contributed by atoms with Crippen molar-refractivity contribution in [3.8, 4) is 0 Å². The summed E-state index contributed by atoms with van der Waals surface area (Å²) in [6.07, 6.45) is 3.51. The van der Waals surface area contributed by atoms with E-state index in [9.17, 15) is 9.59 Å². The molecule has 1 aliphatic rings. The highest BCUT2D eigenvalue weighted by Gasteiger charge is 2.50. The highest BCUT2D eigenvalue weighted by atomic mass is 16.6. The number of likely N-dealkylation sites (tertiary alicyclic amines) is 1. The lowest BCUT2D eigenvalue weighted by atomic mass is 9.83. The van der Waals surface area contributed by atoms with E-state index in [1.165, 1.54) is 18.2 Å². The fourth-order valence-electron chi connectivity index (χ4n) is 3.26. The largest absolute Gasteiger partial charge is 0.399 e. The van der Waals surface area contributed by atoms with Gasteiger partial charge in [-0.15, -0.1) is 0 Å². The van der Waals surface area contributed by atoms with Crippen LogP contribution in [0.1, 0.15) is 24.1 Å². The highest BCUT2D eigenvalue weighted by Crippen LogP contribution is 2.30. The van der Waals surface area contributed by atoms with Crippen LogP contribution in [-0.2, 0) is 16.1 Å². The summed E-state index contributed by atoms with van der Waals surface area (Å²) in [4.78, 5) is 35.3. The second-order valence-electron chi connectivity index (χ2n) is 6.62. The van der Waals surface area contributed by atoms with Crippen LogP contribution in [0.2, 0.25) is 0 Å². The zero-order chi connectivity index (χ0) is 20.1. The first-order valence-corrected chi connectivity index (χ1v) is 8.97. The molecule has 1 aromatic heterocycles. The third-order valence-corrected chi connectivity index (χ3v) is 4.74. The van der Waals surface area contributed by atoms with Crippen molar-refractivity contribution in [1.82, 2.24) is 15.2 Å². The van der Waals surface area contributed by atoms with Gasteiger partial charge in [0.25, 0.3) is 0 Å². The number of nitrogen functional groups attached to an aromatic ring is 1. The van der Waals surface area contributed by atoms with Crippen molar-refractivity contribution >= 4 is 24.0 Å². The Morgan fingerprint density at radius 2 is 2.14 bits per heavy atom. The van der Waals surface area contributed by atoms with Gasteiger partial charge in [0.2, 0.25) is 5.91 Å². The van der Waals surface area contributed by atoms with Crippen LogP contribution in [0, 0.1) is 5.92 Å². The Labute approximate surface area is 163 Å². The first-order valence-electron chi connectivity index (χ1n) is 8.97. The van der Waals surface area contributed by atoms with E-state index < -0.39 is 18.0 Å². The van der Waals surface area contributed by atoms with Crippen LogP contribution in [0.5, 0.6) is 0 Å². The number of nitrogens with one attached hydrogen (secondary N) is 1. The quantitative estimate of drug-likeness (QED) is 0.452. The maximum atomic E-state index is 12.7. The first kappa shape index (κ1) is 19.3. The summed E-state index contributed by atoms with van der Waals surface area (Å²) >= 11 is 0. The third kappa shape index (κ3) is 4.11. The van der Waals surface area contributed by atoms with Crippen LogP contribution >= 0.6 is 0 Å². The summed E-state index contributed by atoms with van der Waals surface area (Å²) < 4.78 is 0. The minimum atomic E-state index is -0.496. The number of carbonyl (C=O) groups is 2. The summed E-state index contributed by atoms with van der Waals surface area (Å²) in [6.45, 7) is 1.87. The number of β-lactam (4-membered cyclic amide) rings is 1. The fraction of sp³-hybridized carbons (Fsp3) is 0.300. The van der Waals surface area contributed by atoms with Gasteiger partial charge in [0.05, 0.1) is 24.2 Å². The topological polar surface area (TPSA) is 110 Å². The Kier molecular flexibility index (Phi) is 5.88. The van der Waals surface area contributed by atoms with E-state index in [2.05, 4.69) is 15.5 Å². The summed E-state index contributed by atoms with van der Waals surface area (Å²) in [7, 11) is 1.41. The number of hydrogen-bond acceptors (Lipinski definition) is 6. The Morgan fingerprint density at radius 1 is 1.39 bits per heavy atom. The van der Waals surface area contributed by atoms with Crippen molar-refractivity contribution in [2.75, 3.05) is 12.8 Å². The molecule has 146 valence electrons. The summed E-state index contributed by atoms with van der Waals surface area (Å²) in [5.74, 6) is -0.295. The Hall–Kier alpha value is -3.42. The average Bonchev–Trinajstić information content (AvgIpc) is 2.69. The molecule has 3 rings (SSSR count). The van der Waals surface area contributed by atoms with Gasteiger partial charge in [0.1, 0.15) is 12.9 Å².